The number of rotatable bonds is 10. The van der Waals surface area contributed by atoms with E-state index in [9.17, 15) is 14.7 Å². The van der Waals surface area contributed by atoms with Crippen LogP contribution in [0.2, 0.25) is 0 Å². The molecule has 9 unspecified atom stereocenters. The van der Waals surface area contributed by atoms with Crippen molar-refractivity contribution in [1.29, 1.82) is 0 Å². The predicted octanol–water partition coefficient (Wildman–Crippen LogP) is 13.1. The molecule has 11 aliphatic rings. The molecule has 10 fully saturated rings. The molecular weight excluding hydrogens is 953 g/mol. The lowest BCUT2D eigenvalue weighted by Gasteiger charge is -2.56. The zero-order chi connectivity index (χ0) is 52.1. The monoisotopic (exact) mass is 1050 g/mol. The van der Waals surface area contributed by atoms with Crippen LogP contribution in [0.1, 0.15) is 212 Å². The third-order valence-electron chi connectivity index (χ3n) is 22.3. The first kappa shape index (κ1) is 52.6. The number of carboxylic acids is 1. The summed E-state index contributed by atoms with van der Waals surface area (Å²) >= 11 is 0. The van der Waals surface area contributed by atoms with Crippen LogP contribution in [0.25, 0.3) is 11.0 Å². The fourth-order valence-electron chi connectivity index (χ4n) is 19.6. The van der Waals surface area contributed by atoms with Crippen LogP contribution in [0, 0.1) is 23.7 Å². The van der Waals surface area contributed by atoms with Crippen LogP contribution >= 0.6 is 0 Å². The number of Topliss-reactive ketones (excluding diaryl/α,β-unsaturated/α-hetero) is 1. The number of carbonyl (C=O) groups excluding carboxylic acids is 1. The maximum Gasteiger partial charge on any atom is 0.323 e. The van der Waals surface area contributed by atoms with Crippen LogP contribution in [0.3, 0.4) is 0 Å². The van der Waals surface area contributed by atoms with Gasteiger partial charge in [0, 0.05) is 54.9 Å². The van der Waals surface area contributed by atoms with E-state index in [4.69, 9.17) is 4.98 Å². The van der Waals surface area contributed by atoms with Gasteiger partial charge in [-0.2, -0.15) is 0 Å². The summed E-state index contributed by atoms with van der Waals surface area (Å²) in [5.41, 5.74) is 6.21. The number of anilines is 2. The number of piperidine rings is 5. The number of nitrogens with zero attached hydrogens (tertiary/aromatic N) is 8. The normalized spacial score (nSPS) is 36.9. The van der Waals surface area contributed by atoms with Gasteiger partial charge in [-0.25, -0.2) is 4.98 Å². The van der Waals surface area contributed by atoms with E-state index in [1.165, 1.54) is 183 Å². The zero-order valence-corrected chi connectivity index (χ0v) is 47.5. The van der Waals surface area contributed by atoms with Crippen LogP contribution in [0.5, 0.6) is 0 Å². The Bertz CT molecular complexity index is 2540. The van der Waals surface area contributed by atoms with Gasteiger partial charge in [0.15, 0.2) is 0 Å². The minimum Gasteiger partial charge on any atom is -0.480 e. The fourth-order valence-corrected chi connectivity index (χ4v) is 19.6. The lowest BCUT2D eigenvalue weighted by Crippen LogP contribution is -2.61. The highest BCUT2D eigenvalue weighted by Gasteiger charge is 2.50. The molecule has 0 radical (unpaired) electrons. The van der Waals surface area contributed by atoms with E-state index in [1.807, 2.05) is 0 Å². The van der Waals surface area contributed by atoms with Crippen molar-refractivity contribution in [1.82, 2.24) is 29.2 Å². The SMILES string of the molecule is CC(=O)CN1CCCC1c1nc2ccccc2n1C1CC2CCCC(C1)N2C1CC2CCCCC(C2)C1.CCN1CCC/C(=C2/N(CC(=O)O)c3ccccc3N2C2CC3CCCC(C2)N3C2CC3CCCCC(C3)C2)C1. The van der Waals surface area contributed by atoms with Gasteiger partial charge in [-0.05, 0) is 196 Å². The van der Waals surface area contributed by atoms with E-state index in [0.29, 0.717) is 30.7 Å². The zero-order valence-electron chi connectivity index (χ0n) is 47.5. The van der Waals surface area contributed by atoms with E-state index in [1.54, 1.807) is 6.92 Å². The van der Waals surface area contributed by atoms with Gasteiger partial charge in [-0.3, -0.25) is 29.2 Å². The van der Waals surface area contributed by atoms with E-state index in [-0.39, 0.29) is 18.4 Å². The Morgan fingerprint density at radius 2 is 1.12 bits per heavy atom. The highest BCUT2D eigenvalue weighted by atomic mass is 16.4. The number of hydrogen-bond donors (Lipinski definition) is 1. The molecule has 14 rings (SSSR count). The first-order valence-corrected chi connectivity index (χ1v) is 32.3. The molecule has 6 saturated heterocycles. The summed E-state index contributed by atoms with van der Waals surface area (Å²) in [6.45, 7) is 8.75. The van der Waals surface area contributed by atoms with Crippen molar-refractivity contribution >= 4 is 34.2 Å². The number of aromatic nitrogens is 2. The molecule has 4 saturated carbocycles. The van der Waals surface area contributed by atoms with Crippen molar-refractivity contribution < 1.29 is 14.7 Å². The first-order chi connectivity index (χ1) is 37.7. The molecule has 1 aromatic heterocycles. The molecule has 0 spiro atoms. The summed E-state index contributed by atoms with van der Waals surface area (Å²) in [6.07, 6.45) is 38.3. The van der Waals surface area contributed by atoms with Gasteiger partial charge in [0.2, 0.25) is 0 Å². The number of carboxylic acid groups (broad SMARTS) is 1. The van der Waals surface area contributed by atoms with Crippen LogP contribution in [0.15, 0.2) is 59.9 Å². The number of para-hydroxylation sites is 4. The number of ketones is 1. The molecule has 418 valence electrons. The fraction of sp³-hybridized carbons (Fsp3) is 0.742. The lowest BCUT2D eigenvalue weighted by atomic mass is 9.73. The lowest BCUT2D eigenvalue weighted by molar-refractivity contribution is -0.135. The molecule has 4 aliphatic carbocycles. The van der Waals surface area contributed by atoms with E-state index in [2.05, 4.69) is 89.4 Å². The number of imidazole rings is 1. The van der Waals surface area contributed by atoms with E-state index < -0.39 is 5.97 Å². The number of hydrogen-bond acceptors (Lipinski definition) is 9. The van der Waals surface area contributed by atoms with E-state index in [0.717, 1.165) is 111 Å². The minimum atomic E-state index is -0.747. The number of carbonyl (C=O) groups is 2. The Hall–Kier alpha value is -3.77. The molecular formula is C66H96N8O3. The third-order valence-corrected chi connectivity index (χ3v) is 22.3. The summed E-state index contributed by atoms with van der Waals surface area (Å²) in [5.74, 6) is 5.87. The van der Waals surface area contributed by atoms with Crippen molar-refractivity contribution in [2.45, 2.75) is 248 Å². The molecule has 77 heavy (non-hydrogen) atoms. The number of benzene rings is 2. The van der Waals surface area contributed by atoms with Crippen LogP contribution in [-0.2, 0) is 9.59 Å². The Morgan fingerprint density at radius 1 is 0.558 bits per heavy atom. The van der Waals surface area contributed by atoms with Gasteiger partial charge in [-0.1, -0.05) is 95.4 Å². The Labute approximate surface area is 462 Å². The van der Waals surface area contributed by atoms with Crippen LogP contribution in [-0.4, -0.2) is 128 Å². The molecule has 7 aliphatic heterocycles. The largest absolute Gasteiger partial charge is 0.480 e. The summed E-state index contributed by atoms with van der Waals surface area (Å²) in [4.78, 5) is 45.4. The first-order valence-electron chi connectivity index (χ1n) is 32.3. The average molecular weight is 1050 g/mol. The summed E-state index contributed by atoms with van der Waals surface area (Å²) < 4.78 is 2.67. The number of fused-ring (bicyclic) bond motifs is 10. The van der Waals surface area contributed by atoms with Gasteiger partial charge >= 0.3 is 5.97 Å². The molecule has 0 amide bonds. The Morgan fingerprint density at radius 3 is 1.69 bits per heavy atom. The molecule has 9 atom stereocenters. The number of likely N-dealkylation sites (N-methyl/N-ethyl adjacent to an activating group) is 1. The molecule has 8 bridgehead atoms. The second-order valence-corrected chi connectivity index (χ2v) is 27.3. The predicted molar refractivity (Wildman–Crippen MR) is 310 cm³/mol. The van der Waals surface area contributed by atoms with Gasteiger partial charge in [-0.15, -0.1) is 0 Å². The van der Waals surface area contributed by atoms with Crippen molar-refractivity contribution in [2.24, 2.45) is 23.7 Å². The summed E-state index contributed by atoms with van der Waals surface area (Å²) in [6, 6.07) is 23.1. The van der Waals surface area contributed by atoms with Crippen molar-refractivity contribution in [3.05, 3.63) is 65.7 Å². The van der Waals surface area contributed by atoms with Gasteiger partial charge in [0.05, 0.1) is 35.0 Å². The van der Waals surface area contributed by atoms with E-state index >= 15 is 0 Å². The topological polar surface area (TPSA) is 91.6 Å². The van der Waals surface area contributed by atoms with Gasteiger partial charge in [0.1, 0.15) is 24.0 Å². The second kappa shape index (κ2) is 23.0. The quantitative estimate of drug-likeness (QED) is 0.212. The highest BCUT2D eigenvalue weighted by Crippen LogP contribution is 2.52. The van der Waals surface area contributed by atoms with Crippen molar-refractivity contribution in [2.75, 3.05) is 49.1 Å². The van der Waals surface area contributed by atoms with Crippen molar-refractivity contribution in [3.8, 4) is 0 Å². The second-order valence-electron chi connectivity index (χ2n) is 27.3. The Kier molecular flexibility index (Phi) is 15.7. The summed E-state index contributed by atoms with van der Waals surface area (Å²) in [5, 5.41) is 10.0. The molecule has 11 heteroatoms. The number of aliphatic carboxylic acids is 1. The highest BCUT2D eigenvalue weighted by molar-refractivity contribution is 5.88. The standard InChI is InChI=1S/C34H50N4O2.C32H46N4O/c1-2-35-16-8-11-26(22-35)34-36(23-33(39)40)31-14-5-6-15-32(31)38(34)30-20-27-12-7-13-28(21-30)37(27)29-18-24-9-3-4-10-25(17-24)19-29;1-22(37)21-34-15-7-14-31(34)32-33-29-12-4-5-13-30(29)36(32)28-19-25-10-6-11-26(20-28)35(25)27-17-23-8-2-3-9-24(16-23)18-27/h5-6,14-15,24-25,27-30H,2-4,7-13,16-23H2,1H3,(H,39,40);4-5,12-13,23-28,31H,2-3,6-11,14-21H2,1H3/b34-26+;. The molecule has 3 aromatic rings. The maximum atomic E-state index is 12.2. The molecule has 1 N–H and O–H groups in total. The maximum absolute atomic E-state index is 12.2. The molecule has 8 heterocycles. The Balaban J connectivity index is 0.000000147. The third kappa shape index (κ3) is 10.7. The smallest absolute Gasteiger partial charge is 0.323 e. The minimum absolute atomic E-state index is 0.0367. The molecule has 2 aromatic carbocycles. The van der Waals surface area contributed by atoms with Crippen molar-refractivity contribution in [3.63, 3.8) is 0 Å². The number of likely N-dealkylation sites (tertiary alicyclic amines) is 2. The average Bonchev–Trinajstić information content (AvgIpc) is 4.07. The van der Waals surface area contributed by atoms with Crippen LogP contribution in [0.4, 0.5) is 11.4 Å². The summed E-state index contributed by atoms with van der Waals surface area (Å²) in [7, 11) is 0. The molecule has 11 nitrogen and oxygen atoms in total. The van der Waals surface area contributed by atoms with Gasteiger partial charge < -0.3 is 19.5 Å². The van der Waals surface area contributed by atoms with Gasteiger partial charge in [0.25, 0.3) is 0 Å². The van der Waals surface area contributed by atoms with Crippen LogP contribution < -0.4 is 9.80 Å².